The summed E-state index contributed by atoms with van der Waals surface area (Å²) in [6.45, 7) is 0. The van der Waals surface area contributed by atoms with Crippen LogP contribution in [0.25, 0.3) is 10.1 Å². The zero-order chi connectivity index (χ0) is 11.7. The van der Waals surface area contributed by atoms with Crippen LogP contribution < -0.4 is 5.73 Å². The first kappa shape index (κ1) is 10.4. The minimum absolute atomic E-state index is 0.145. The van der Waals surface area contributed by atoms with Crippen LogP contribution in [0.2, 0.25) is 0 Å². The maximum Gasteiger partial charge on any atom is 0.115 e. The molecule has 1 aromatic carbocycles. The number of hydrogen-bond donors (Lipinski definition) is 1. The number of hydrogen-bond acceptors (Lipinski definition) is 4. The fourth-order valence-corrected chi connectivity index (χ4v) is 2.89. The minimum Gasteiger partial charge on any atom is -0.320 e. The van der Waals surface area contributed by atoms with Crippen molar-refractivity contribution in [3.63, 3.8) is 0 Å². The monoisotopic (exact) mass is 241 g/mol. The highest BCUT2D eigenvalue weighted by atomic mass is 32.1. The molecule has 0 fully saturated rings. The van der Waals surface area contributed by atoms with Gasteiger partial charge in [0.25, 0.3) is 0 Å². The van der Waals surface area contributed by atoms with E-state index >= 15 is 0 Å². The number of thiophene rings is 1. The molecule has 1 unspecified atom stereocenters. The van der Waals surface area contributed by atoms with Gasteiger partial charge in [-0.05, 0) is 17.5 Å². The molecule has 0 bridgehead atoms. The van der Waals surface area contributed by atoms with E-state index in [9.17, 15) is 0 Å². The molecule has 2 N–H and O–H groups in total. The van der Waals surface area contributed by atoms with Crippen molar-refractivity contribution in [2.45, 2.75) is 6.04 Å². The maximum atomic E-state index is 6.21. The van der Waals surface area contributed by atoms with Gasteiger partial charge in [-0.1, -0.05) is 18.2 Å². The standard InChI is InChI=1S/C13H11N3S/c14-13(10-6-15-8-16-7-10)12-5-9-3-1-2-4-11(9)17-12/h1-8,13H,14H2. The lowest BCUT2D eigenvalue weighted by Gasteiger charge is -2.07. The summed E-state index contributed by atoms with van der Waals surface area (Å²) in [5.74, 6) is 0. The second-order valence-corrected chi connectivity index (χ2v) is 4.95. The molecule has 0 saturated heterocycles. The highest BCUT2D eigenvalue weighted by Crippen LogP contribution is 2.31. The fourth-order valence-electron chi connectivity index (χ4n) is 1.79. The molecule has 17 heavy (non-hydrogen) atoms. The van der Waals surface area contributed by atoms with E-state index in [0.717, 1.165) is 10.4 Å². The SMILES string of the molecule is NC(c1cncnc1)c1cc2ccccc2s1. The normalized spacial score (nSPS) is 12.8. The van der Waals surface area contributed by atoms with Gasteiger partial charge in [0, 0.05) is 27.5 Å². The van der Waals surface area contributed by atoms with Crippen molar-refractivity contribution in [2.24, 2.45) is 5.73 Å². The first-order chi connectivity index (χ1) is 8.34. The van der Waals surface area contributed by atoms with Gasteiger partial charge in [0.05, 0.1) is 6.04 Å². The predicted molar refractivity (Wildman–Crippen MR) is 69.9 cm³/mol. The average Bonchev–Trinajstić information content (AvgIpc) is 2.82. The number of benzene rings is 1. The Balaban J connectivity index is 2.04. The van der Waals surface area contributed by atoms with Gasteiger partial charge < -0.3 is 5.73 Å². The lowest BCUT2D eigenvalue weighted by atomic mass is 10.1. The van der Waals surface area contributed by atoms with Crippen LogP contribution in [0.15, 0.2) is 49.1 Å². The molecule has 2 aromatic heterocycles. The van der Waals surface area contributed by atoms with Gasteiger partial charge in [-0.3, -0.25) is 0 Å². The summed E-state index contributed by atoms with van der Waals surface area (Å²) in [6, 6.07) is 10.3. The molecule has 0 spiro atoms. The summed E-state index contributed by atoms with van der Waals surface area (Å²) >= 11 is 1.72. The topological polar surface area (TPSA) is 51.8 Å². The van der Waals surface area contributed by atoms with Crippen molar-refractivity contribution in [1.29, 1.82) is 0 Å². The largest absolute Gasteiger partial charge is 0.320 e. The summed E-state index contributed by atoms with van der Waals surface area (Å²) in [6.07, 6.45) is 5.05. The van der Waals surface area contributed by atoms with Crippen molar-refractivity contribution in [3.8, 4) is 0 Å². The van der Waals surface area contributed by atoms with E-state index in [1.807, 2.05) is 12.1 Å². The molecule has 0 radical (unpaired) electrons. The Bertz CT molecular complexity index is 600. The summed E-state index contributed by atoms with van der Waals surface area (Å²) in [7, 11) is 0. The van der Waals surface area contributed by atoms with Crippen LogP contribution >= 0.6 is 11.3 Å². The Morgan fingerprint density at radius 3 is 2.65 bits per heavy atom. The van der Waals surface area contributed by atoms with Gasteiger partial charge in [-0.15, -0.1) is 11.3 Å². The van der Waals surface area contributed by atoms with E-state index in [2.05, 4.69) is 28.2 Å². The lowest BCUT2D eigenvalue weighted by molar-refractivity contribution is 0.870. The molecule has 0 saturated carbocycles. The maximum absolute atomic E-state index is 6.21. The first-order valence-electron chi connectivity index (χ1n) is 5.33. The van der Waals surface area contributed by atoms with Gasteiger partial charge >= 0.3 is 0 Å². The molecule has 3 aromatic rings. The third-order valence-corrected chi connectivity index (χ3v) is 3.89. The van der Waals surface area contributed by atoms with Gasteiger partial charge in [0.2, 0.25) is 0 Å². The Hall–Kier alpha value is -1.78. The molecule has 0 aliphatic rings. The molecule has 0 aliphatic carbocycles. The van der Waals surface area contributed by atoms with E-state index in [-0.39, 0.29) is 6.04 Å². The van der Waals surface area contributed by atoms with E-state index < -0.39 is 0 Å². The molecule has 1 atom stereocenters. The zero-order valence-corrected chi connectivity index (χ0v) is 9.89. The Kier molecular flexibility index (Phi) is 2.59. The van der Waals surface area contributed by atoms with Gasteiger partial charge in [-0.2, -0.15) is 0 Å². The molecule has 3 nitrogen and oxygen atoms in total. The Labute approximate surface area is 103 Å². The Morgan fingerprint density at radius 2 is 1.88 bits per heavy atom. The van der Waals surface area contributed by atoms with Gasteiger partial charge in [0.1, 0.15) is 6.33 Å². The van der Waals surface area contributed by atoms with Crippen LogP contribution in [0.5, 0.6) is 0 Å². The molecular weight excluding hydrogens is 230 g/mol. The lowest BCUT2D eigenvalue weighted by Crippen LogP contribution is -2.10. The van der Waals surface area contributed by atoms with Crippen LogP contribution in [0.1, 0.15) is 16.5 Å². The van der Waals surface area contributed by atoms with E-state index in [1.54, 1.807) is 23.7 Å². The van der Waals surface area contributed by atoms with Crippen LogP contribution in [-0.4, -0.2) is 9.97 Å². The highest BCUT2D eigenvalue weighted by Gasteiger charge is 2.12. The number of aromatic nitrogens is 2. The number of fused-ring (bicyclic) bond motifs is 1. The molecule has 84 valence electrons. The third-order valence-electron chi connectivity index (χ3n) is 2.69. The summed E-state index contributed by atoms with van der Waals surface area (Å²) in [4.78, 5) is 9.14. The summed E-state index contributed by atoms with van der Waals surface area (Å²) < 4.78 is 1.26. The third kappa shape index (κ3) is 1.92. The first-order valence-corrected chi connectivity index (χ1v) is 6.15. The smallest absolute Gasteiger partial charge is 0.115 e. The molecule has 4 heteroatoms. The van der Waals surface area contributed by atoms with Crippen molar-refractivity contribution < 1.29 is 0 Å². The van der Waals surface area contributed by atoms with Crippen molar-refractivity contribution in [2.75, 3.05) is 0 Å². The number of nitrogens with two attached hydrogens (primary N) is 1. The number of nitrogens with zero attached hydrogens (tertiary/aromatic N) is 2. The van der Waals surface area contributed by atoms with Crippen molar-refractivity contribution >= 4 is 21.4 Å². The van der Waals surface area contributed by atoms with Crippen LogP contribution in [0, 0.1) is 0 Å². The van der Waals surface area contributed by atoms with Crippen molar-refractivity contribution in [1.82, 2.24) is 9.97 Å². The molecule has 0 amide bonds. The van der Waals surface area contributed by atoms with Crippen LogP contribution in [-0.2, 0) is 0 Å². The molecular formula is C13H11N3S. The van der Waals surface area contributed by atoms with Crippen molar-refractivity contribution in [3.05, 3.63) is 59.5 Å². The number of rotatable bonds is 2. The minimum atomic E-state index is -0.145. The fraction of sp³-hybridized carbons (Fsp3) is 0.0769. The van der Waals surface area contributed by atoms with E-state index in [4.69, 9.17) is 5.73 Å². The second-order valence-electron chi connectivity index (χ2n) is 3.84. The van der Waals surface area contributed by atoms with Crippen LogP contribution in [0.4, 0.5) is 0 Å². The quantitative estimate of drug-likeness (QED) is 0.750. The zero-order valence-electron chi connectivity index (χ0n) is 9.08. The van der Waals surface area contributed by atoms with E-state index in [1.165, 1.54) is 16.4 Å². The molecule has 0 aliphatic heterocycles. The Morgan fingerprint density at radius 1 is 1.12 bits per heavy atom. The van der Waals surface area contributed by atoms with E-state index in [0.29, 0.717) is 0 Å². The average molecular weight is 241 g/mol. The van der Waals surface area contributed by atoms with Gasteiger partial charge in [0.15, 0.2) is 0 Å². The predicted octanol–water partition coefficient (Wildman–Crippen LogP) is 2.74. The van der Waals surface area contributed by atoms with Crippen LogP contribution in [0.3, 0.4) is 0 Å². The summed E-state index contributed by atoms with van der Waals surface area (Å²) in [5.41, 5.74) is 7.15. The molecule has 3 rings (SSSR count). The van der Waals surface area contributed by atoms with Gasteiger partial charge in [-0.25, -0.2) is 9.97 Å². The summed E-state index contributed by atoms with van der Waals surface area (Å²) in [5, 5.41) is 1.24. The second kappa shape index (κ2) is 4.24. The highest BCUT2D eigenvalue weighted by molar-refractivity contribution is 7.19. The molecule has 2 heterocycles.